The molecule has 116 valence electrons. The third-order valence-corrected chi connectivity index (χ3v) is 4.19. The summed E-state index contributed by atoms with van der Waals surface area (Å²) in [6.45, 7) is 2.86. The van der Waals surface area contributed by atoms with Gasteiger partial charge in [0.05, 0.1) is 10.9 Å². The number of aromatic nitrogens is 3. The summed E-state index contributed by atoms with van der Waals surface area (Å²) in [4.78, 5) is 16.0. The van der Waals surface area contributed by atoms with E-state index in [1.807, 2.05) is 36.7 Å². The highest BCUT2D eigenvalue weighted by Crippen LogP contribution is 2.26. The van der Waals surface area contributed by atoms with Crippen molar-refractivity contribution < 1.29 is 0 Å². The summed E-state index contributed by atoms with van der Waals surface area (Å²) in [6.07, 6.45) is 6.19. The second-order valence-corrected chi connectivity index (χ2v) is 5.79. The number of nitrogens with one attached hydrogen (secondary N) is 1. The number of hydrogen-bond donors (Lipinski definition) is 1. The van der Waals surface area contributed by atoms with Gasteiger partial charge in [0, 0.05) is 32.0 Å². The lowest BCUT2D eigenvalue weighted by molar-refractivity contribution is 0.943. The van der Waals surface area contributed by atoms with Crippen LogP contribution in [-0.4, -0.2) is 28.0 Å². The fourth-order valence-corrected chi connectivity index (χ4v) is 2.99. The van der Waals surface area contributed by atoms with E-state index in [9.17, 15) is 0 Å². The number of benzene rings is 1. The van der Waals surface area contributed by atoms with E-state index >= 15 is 0 Å². The van der Waals surface area contributed by atoms with Crippen molar-refractivity contribution in [2.75, 3.05) is 23.3 Å². The monoisotopic (exact) mass is 305 g/mol. The second kappa shape index (κ2) is 6.20. The number of pyridine rings is 1. The molecule has 4 rings (SSSR count). The first-order valence-electron chi connectivity index (χ1n) is 8.05. The smallest absolute Gasteiger partial charge is 0.223 e. The number of fused-ring (bicyclic) bond motifs is 1. The van der Waals surface area contributed by atoms with E-state index in [1.54, 1.807) is 0 Å². The van der Waals surface area contributed by atoms with Crippen molar-refractivity contribution in [3.63, 3.8) is 0 Å². The first kappa shape index (κ1) is 13.9. The molecular weight excluding hydrogens is 286 g/mol. The van der Waals surface area contributed by atoms with Gasteiger partial charge in [0.1, 0.15) is 5.82 Å². The van der Waals surface area contributed by atoms with E-state index in [2.05, 4.69) is 37.3 Å². The predicted octanol–water partition coefficient (Wildman–Crippen LogP) is 3.24. The summed E-state index contributed by atoms with van der Waals surface area (Å²) >= 11 is 0. The van der Waals surface area contributed by atoms with Crippen molar-refractivity contribution >= 4 is 22.7 Å². The molecule has 0 spiro atoms. The first-order valence-corrected chi connectivity index (χ1v) is 8.05. The molecule has 0 atom stereocenters. The van der Waals surface area contributed by atoms with Crippen LogP contribution in [0, 0.1) is 0 Å². The Kier molecular flexibility index (Phi) is 3.76. The van der Waals surface area contributed by atoms with Crippen LogP contribution in [0.15, 0.2) is 48.8 Å². The van der Waals surface area contributed by atoms with Gasteiger partial charge in [-0.3, -0.25) is 0 Å². The number of hydrogen-bond acceptors (Lipinski definition) is 5. The van der Waals surface area contributed by atoms with E-state index < -0.39 is 0 Å². The van der Waals surface area contributed by atoms with Crippen molar-refractivity contribution in [3.8, 4) is 0 Å². The van der Waals surface area contributed by atoms with E-state index in [0.717, 1.165) is 36.4 Å². The van der Waals surface area contributed by atoms with Crippen LogP contribution >= 0.6 is 0 Å². The Morgan fingerprint density at radius 3 is 2.65 bits per heavy atom. The molecule has 1 N–H and O–H groups in total. The van der Waals surface area contributed by atoms with Crippen LogP contribution in [0.2, 0.25) is 0 Å². The minimum Gasteiger partial charge on any atom is -0.356 e. The maximum absolute atomic E-state index is 4.63. The SMILES string of the molecule is c1ccc(CNc2ncc3c(N4CCCC4)nccc3n2)cc1. The van der Waals surface area contributed by atoms with Crippen molar-refractivity contribution in [2.24, 2.45) is 0 Å². The van der Waals surface area contributed by atoms with Gasteiger partial charge >= 0.3 is 0 Å². The highest BCUT2D eigenvalue weighted by Gasteiger charge is 2.16. The molecule has 5 heteroatoms. The summed E-state index contributed by atoms with van der Waals surface area (Å²) in [5.74, 6) is 1.66. The van der Waals surface area contributed by atoms with Gasteiger partial charge in [-0.1, -0.05) is 30.3 Å². The molecule has 5 nitrogen and oxygen atoms in total. The maximum Gasteiger partial charge on any atom is 0.223 e. The summed E-state index contributed by atoms with van der Waals surface area (Å²) in [6, 6.07) is 12.2. The van der Waals surface area contributed by atoms with Gasteiger partial charge in [-0.05, 0) is 24.5 Å². The Labute approximate surface area is 135 Å². The third kappa shape index (κ3) is 2.95. The van der Waals surface area contributed by atoms with Gasteiger partial charge in [-0.25, -0.2) is 15.0 Å². The molecular formula is C18H19N5. The van der Waals surface area contributed by atoms with Crippen LogP contribution in [-0.2, 0) is 6.54 Å². The number of rotatable bonds is 4. The summed E-state index contributed by atoms with van der Waals surface area (Å²) in [5.41, 5.74) is 2.15. The summed E-state index contributed by atoms with van der Waals surface area (Å²) < 4.78 is 0. The van der Waals surface area contributed by atoms with Gasteiger partial charge in [-0.2, -0.15) is 0 Å². The number of nitrogens with zero attached hydrogens (tertiary/aromatic N) is 4. The fraction of sp³-hybridized carbons (Fsp3) is 0.278. The third-order valence-electron chi connectivity index (χ3n) is 4.19. The minimum atomic E-state index is 0.653. The maximum atomic E-state index is 4.63. The first-order chi connectivity index (χ1) is 11.4. The van der Waals surface area contributed by atoms with Crippen LogP contribution in [0.4, 0.5) is 11.8 Å². The van der Waals surface area contributed by atoms with Crippen LogP contribution in [0.3, 0.4) is 0 Å². The lowest BCUT2D eigenvalue weighted by Gasteiger charge is -2.18. The molecule has 1 aromatic carbocycles. The van der Waals surface area contributed by atoms with Crippen LogP contribution in [0.1, 0.15) is 18.4 Å². The predicted molar refractivity (Wildman–Crippen MR) is 92.5 cm³/mol. The average molecular weight is 305 g/mol. The van der Waals surface area contributed by atoms with Crippen LogP contribution < -0.4 is 10.2 Å². The fourth-order valence-electron chi connectivity index (χ4n) is 2.99. The quantitative estimate of drug-likeness (QED) is 0.802. The molecule has 1 saturated heterocycles. The topological polar surface area (TPSA) is 53.9 Å². The van der Waals surface area contributed by atoms with Crippen molar-refractivity contribution in [2.45, 2.75) is 19.4 Å². The zero-order chi connectivity index (χ0) is 15.5. The van der Waals surface area contributed by atoms with E-state index in [-0.39, 0.29) is 0 Å². The lowest BCUT2D eigenvalue weighted by atomic mass is 10.2. The standard InChI is InChI=1S/C18H19N5/c1-2-6-14(7-3-1)12-20-18-21-13-15-16(22-18)8-9-19-17(15)23-10-4-5-11-23/h1-3,6-9,13H,4-5,10-12H2,(H,20,21,22). The summed E-state index contributed by atoms with van der Waals surface area (Å²) in [7, 11) is 0. The van der Waals surface area contributed by atoms with Gasteiger partial charge in [0.15, 0.2) is 0 Å². The normalized spacial score (nSPS) is 14.3. The van der Waals surface area contributed by atoms with Crippen molar-refractivity contribution in [1.82, 2.24) is 15.0 Å². The molecule has 3 heterocycles. The molecule has 0 saturated carbocycles. The van der Waals surface area contributed by atoms with Crippen LogP contribution in [0.5, 0.6) is 0 Å². The molecule has 1 aliphatic heterocycles. The summed E-state index contributed by atoms with van der Waals surface area (Å²) in [5, 5.41) is 4.31. The largest absolute Gasteiger partial charge is 0.356 e. The average Bonchev–Trinajstić information content (AvgIpc) is 3.14. The van der Waals surface area contributed by atoms with Crippen molar-refractivity contribution in [3.05, 3.63) is 54.4 Å². The molecule has 0 bridgehead atoms. The van der Waals surface area contributed by atoms with Gasteiger partial charge in [0.25, 0.3) is 0 Å². The van der Waals surface area contributed by atoms with Crippen LogP contribution in [0.25, 0.3) is 10.9 Å². The molecule has 0 radical (unpaired) electrons. The Morgan fingerprint density at radius 1 is 1.00 bits per heavy atom. The van der Waals surface area contributed by atoms with Gasteiger partial charge < -0.3 is 10.2 Å². The molecule has 23 heavy (non-hydrogen) atoms. The highest BCUT2D eigenvalue weighted by atomic mass is 15.2. The van der Waals surface area contributed by atoms with E-state index in [1.165, 1.54) is 18.4 Å². The van der Waals surface area contributed by atoms with Crippen molar-refractivity contribution in [1.29, 1.82) is 0 Å². The molecule has 3 aromatic rings. The molecule has 1 aliphatic rings. The molecule has 0 unspecified atom stereocenters. The Morgan fingerprint density at radius 2 is 1.83 bits per heavy atom. The Balaban J connectivity index is 1.58. The van der Waals surface area contributed by atoms with E-state index in [0.29, 0.717) is 5.95 Å². The molecule has 0 amide bonds. The second-order valence-electron chi connectivity index (χ2n) is 5.79. The van der Waals surface area contributed by atoms with E-state index in [4.69, 9.17) is 0 Å². The van der Waals surface area contributed by atoms with Gasteiger partial charge in [0.2, 0.25) is 5.95 Å². The van der Waals surface area contributed by atoms with Gasteiger partial charge in [-0.15, -0.1) is 0 Å². The zero-order valence-corrected chi connectivity index (χ0v) is 12.9. The number of anilines is 2. The lowest BCUT2D eigenvalue weighted by Crippen LogP contribution is -2.19. The Bertz CT molecular complexity index is 797. The zero-order valence-electron chi connectivity index (χ0n) is 12.9. The molecule has 1 fully saturated rings. The minimum absolute atomic E-state index is 0.653. The molecule has 0 aliphatic carbocycles. The molecule has 2 aromatic heterocycles. The highest BCUT2D eigenvalue weighted by molar-refractivity contribution is 5.89. The Hall–Kier alpha value is -2.69.